The van der Waals surface area contributed by atoms with Crippen molar-refractivity contribution in [3.8, 4) is 0 Å². The van der Waals surface area contributed by atoms with Gasteiger partial charge in [-0.25, -0.2) is 4.39 Å². The first-order valence-electron chi connectivity index (χ1n) is 6.43. The van der Waals surface area contributed by atoms with E-state index in [-0.39, 0.29) is 11.9 Å². The Morgan fingerprint density at radius 2 is 1.84 bits per heavy atom. The molecule has 19 heavy (non-hydrogen) atoms. The minimum Gasteiger partial charge on any atom is -0.310 e. The summed E-state index contributed by atoms with van der Waals surface area (Å²) in [5, 5.41) is 3.78. The molecule has 100 valence electrons. The molecule has 0 radical (unpaired) electrons. The van der Waals surface area contributed by atoms with Crippen LogP contribution in [0.25, 0.3) is 0 Å². The second kappa shape index (κ2) is 6.69. The van der Waals surface area contributed by atoms with Crippen LogP contribution in [0.15, 0.2) is 48.5 Å². The minimum absolute atomic E-state index is 0.110. The Morgan fingerprint density at radius 3 is 2.47 bits per heavy atom. The molecule has 0 aliphatic carbocycles. The van der Waals surface area contributed by atoms with Gasteiger partial charge in [-0.15, -0.1) is 0 Å². The Kier molecular flexibility index (Phi) is 4.94. The molecule has 1 atom stereocenters. The van der Waals surface area contributed by atoms with Crippen LogP contribution in [0.3, 0.4) is 0 Å². The van der Waals surface area contributed by atoms with E-state index in [0.29, 0.717) is 10.6 Å². The maximum atomic E-state index is 14.0. The van der Waals surface area contributed by atoms with Crippen molar-refractivity contribution in [2.24, 2.45) is 0 Å². The molecule has 0 amide bonds. The summed E-state index contributed by atoms with van der Waals surface area (Å²) in [6.07, 6.45) is 0.718. The van der Waals surface area contributed by atoms with Crippen molar-refractivity contribution < 1.29 is 4.39 Å². The van der Waals surface area contributed by atoms with Gasteiger partial charge in [0.25, 0.3) is 0 Å². The van der Waals surface area contributed by atoms with Crippen LogP contribution in [-0.4, -0.2) is 6.54 Å². The fourth-order valence-corrected chi connectivity index (χ4v) is 2.51. The van der Waals surface area contributed by atoms with Gasteiger partial charge in [0, 0.05) is 16.6 Å². The third-order valence-corrected chi connectivity index (χ3v) is 3.41. The van der Waals surface area contributed by atoms with Crippen molar-refractivity contribution in [3.63, 3.8) is 0 Å². The van der Waals surface area contributed by atoms with Gasteiger partial charge in [0.15, 0.2) is 0 Å². The lowest BCUT2D eigenvalue weighted by atomic mass is 9.98. The molecule has 0 spiro atoms. The molecule has 0 saturated carbocycles. The Morgan fingerprint density at radius 1 is 1.11 bits per heavy atom. The van der Waals surface area contributed by atoms with Crippen LogP contribution in [0.2, 0.25) is 5.02 Å². The van der Waals surface area contributed by atoms with Gasteiger partial charge in [0.2, 0.25) is 0 Å². The molecule has 1 N–H and O–H groups in total. The molecule has 2 rings (SSSR count). The van der Waals surface area contributed by atoms with E-state index in [2.05, 4.69) is 5.32 Å². The molecule has 0 aliphatic rings. The van der Waals surface area contributed by atoms with Gasteiger partial charge in [-0.05, 0) is 30.7 Å². The topological polar surface area (TPSA) is 12.0 Å². The summed E-state index contributed by atoms with van der Waals surface area (Å²) < 4.78 is 14.0. The van der Waals surface area contributed by atoms with Crippen molar-refractivity contribution in [1.29, 1.82) is 0 Å². The average molecular weight is 278 g/mol. The molecular formula is C16H17ClFN. The summed E-state index contributed by atoms with van der Waals surface area (Å²) >= 11 is 6.15. The molecule has 0 heterocycles. The summed E-state index contributed by atoms with van der Waals surface area (Å²) in [5.41, 5.74) is 1.71. The molecule has 1 unspecified atom stereocenters. The molecule has 2 aromatic rings. The molecule has 0 fully saturated rings. The monoisotopic (exact) mass is 277 g/mol. The third-order valence-electron chi connectivity index (χ3n) is 3.08. The number of benzene rings is 2. The maximum Gasteiger partial charge on any atom is 0.129 e. The van der Waals surface area contributed by atoms with Crippen LogP contribution >= 0.6 is 11.6 Å². The van der Waals surface area contributed by atoms with E-state index in [0.717, 1.165) is 18.5 Å². The maximum absolute atomic E-state index is 14.0. The van der Waals surface area contributed by atoms with Crippen molar-refractivity contribution in [3.05, 3.63) is 70.5 Å². The summed E-state index contributed by atoms with van der Waals surface area (Å²) in [7, 11) is 0. The zero-order valence-electron chi connectivity index (χ0n) is 10.9. The van der Waals surface area contributed by atoms with Crippen LogP contribution in [0.1, 0.15) is 24.1 Å². The molecule has 0 aliphatic heterocycles. The van der Waals surface area contributed by atoms with E-state index < -0.39 is 0 Å². The average Bonchev–Trinajstić information content (AvgIpc) is 2.40. The first-order valence-corrected chi connectivity index (χ1v) is 6.81. The highest BCUT2D eigenvalue weighted by Crippen LogP contribution is 2.28. The Hall–Kier alpha value is -1.38. The van der Waals surface area contributed by atoms with E-state index in [4.69, 9.17) is 11.6 Å². The predicted molar refractivity (Wildman–Crippen MR) is 78.0 cm³/mol. The number of hydrogen-bond donors (Lipinski definition) is 1. The number of likely N-dealkylation sites (N-methyl/N-ethyl adjacent to an activating group) is 1. The van der Waals surface area contributed by atoms with Crippen molar-refractivity contribution in [2.75, 3.05) is 6.54 Å². The van der Waals surface area contributed by atoms with Gasteiger partial charge < -0.3 is 5.32 Å². The minimum atomic E-state index is -0.255. The highest BCUT2D eigenvalue weighted by Gasteiger charge is 2.18. The van der Waals surface area contributed by atoms with Gasteiger partial charge in [0.1, 0.15) is 5.82 Å². The van der Waals surface area contributed by atoms with Gasteiger partial charge in [-0.2, -0.15) is 0 Å². The standard InChI is InChI=1S/C16H17ClFN/c1-2-19-15(11-12-7-4-3-5-8-12)16-13(17)9-6-10-14(16)18/h3-10,15,19H,2,11H2,1H3. The van der Waals surface area contributed by atoms with Crippen LogP contribution in [0, 0.1) is 5.82 Å². The quantitative estimate of drug-likeness (QED) is 0.856. The second-order valence-electron chi connectivity index (χ2n) is 4.44. The van der Waals surface area contributed by atoms with Crippen molar-refractivity contribution in [2.45, 2.75) is 19.4 Å². The molecule has 0 aromatic heterocycles. The van der Waals surface area contributed by atoms with Crippen LogP contribution in [-0.2, 0) is 6.42 Å². The number of hydrogen-bond acceptors (Lipinski definition) is 1. The second-order valence-corrected chi connectivity index (χ2v) is 4.84. The number of rotatable bonds is 5. The zero-order valence-corrected chi connectivity index (χ0v) is 11.6. The SMILES string of the molecule is CCNC(Cc1ccccc1)c1c(F)cccc1Cl. The van der Waals surface area contributed by atoms with Gasteiger partial charge in [-0.3, -0.25) is 0 Å². The fourth-order valence-electron chi connectivity index (χ4n) is 2.22. The van der Waals surface area contributed by atoms with Crippen LogP contribution in [0.5, 0.6) is 0 Å². The zero-order chi connectivity index (χ0) is 13.7. The highest BCUT2D eigenvalue weighted by atomic mass is 35.5. The first kappa shape index (κ1) is 14.0. The van der Waals surface area contributed by atoms with Crippen molar-refractivity contribution >= 4 is 11.6 Å². The molecular weight excluding hydrogens is 261 g/mol. The summed E-state index contributed by atoms with van der Waals surface area (Å²) in [5.74, 6) is -0.255. The first-order chi connectivity index (χ1) is 9.22. The highest BCUT2D eigenvalue weighted by molar-refractivity contribution is 6.31. The van der Waals surface area contributed by atoms with E-state index in [1.165, 1.54) is 6.07 Å². The normalized spacial score (nSPS) is 12.4. The molecule has 1 nitrogen and oxygen atoms in total. The van der Waals surface area contributed by atoms with Crippen LogP contribution in [0.4, 0.5) is 4.39 Å². The van der Waals surface area contributed by atoms with E-state index in [1.54, 1.807) is 12.1 Å². The summed E-state index contributed by atoms with van der Waals surface area (Å²) in [6, 6.07) is 14.7. The lowest BCUT2D eigenvalue weighted by Gasteiger charge is -2.20. The fraction of sp³-hybridized carbons (Fsp3) is 0.250. The Bertz CT molecular complexity index is 507. The Labute approximate surface area is 118 Å². The van der Waals surface area contributed by atoms with Crippen molar-refractivity contribution in [1.82, 2.24) is 5.32 Å². The van der Waals surface area contributed by atoms with E-state index >= 15 is 0 Å². The lowest BCUT2D eigenvalue weighted by molar-refractivity contribution is 0.510. The largest absolute Gasteiger partial charge is 0.310 e. The molecule has 0 bridgehead atoms. The molecule has 3 heteroatoms. The number of nitrogens with one attached hydrogen (secondary N) is 1. The van der Waals surface area contributed by atoms with Gasteiger partial charge >= 0.3 is 0 Å². The predicted octanol–water partition coefficient (Wildman–Crippen LogP) is 4.37. The summed E-state index contributed by atoms with van der Waals surface area (Å²) in [4.78, 5) is 0. The van der Waals surface area contributed by atoms with E-state index in [1.807, 2.05) is 37.3 Å². The van der Waals surface area contributed by atoms with Crippen LogP contribution < -0.4 is 5.32 Å². The molecule has 2 aromatic carbocycles. The lowest BCUT2D eigenvalue weighted by Crippen LogP contribution is -2.24. The van der Waals surface area contributed by atoms with Gasteiger partial charge in [-0.1, -0.05) is 54.9 Å². The molecule has 0 saturated heterocycles. The third kappa shape index (κ3) is 3.55. The van der Waals surface area contributed by atoms with Gasteiger partial charge in [0.05, 0.1) is 0 Å². The van der Waals surface area contributed by atoms with E-state index in [9.17, 15) is 4.39 Å². The smallest absolute Gasteiger partial charge is 0.129 e. The summed E-state index contributed by atoms with van der Waals surface area (Å²) in [6.45, 7) is 2.77. The Balaban J connectivity index is 2.30. The number of halogens is 2.